The van der Waals surface area contributed by atoms with Crippen LogP contribution in [0, 0.1) is 0 Å². The third-order valence-electron chi connectivity index (χ3n) is 3.64. The Morgan fingerprint density at radius 1 is 1.20 bits per heavy atom. The Balaban J connectivity index is 1.74. The van der Waals surface area contributed by atoms with E-state index in [0.717, 1.165) is 6.42 Å². The molecule has 1 fully saturated rings. The van der Waals surface area contributed by atoms with Crippen molar-refractivity contribution in [2.24, 2.45) is 0 Å². The van der Waals surface area contributed by atoms with Gasteiger partial charge in [0.05, 0.1) is 0 Å². The summed E-state index contributed by atoms with van der Waals surface area (Å²) < 4.78 is 4.55. The van der Waals surface area contributed by atoms with Crippen LogP contribution in [0.2, 0.25) is 0 Å². The zero-order valence-corrected chi connectivity index (χ0v) is 11.0. The fourth-order valence-corrected chi connectivity index (χ4v) is 2.72. The lowest BCUT2D eigenvalue weighted by atomic mass is 9.80. The van der Waals surface area contributed by atoms with Gasteiger partial charge in [-0.2, -0.15) is 0 Å². The fourth-order valence-electron chi connectivity index (χ4n) is 2.72. The largest absolute Gasteiger partial charge is 0.378 e. The Hall–Kier alpha value is -2.37. The van der Waals surface area contributed by atoms with E-state index in [1.165, 1.54) is 5.56 Å². The zero-order chi connectivity index (χ0) is 13.9. The number of carbonyl (C=O) groups excluding carboxylic acids is 1. The average molecular weight is 272 g/mol. The highest BCUT2D eigenvalue weighted by Crippen LogP contribution is 2.32. The number of rotatable bonds is 3. The number of hydrogen-bond acceptors (Lipinski definition) is 6. The van der Waals surface area contributed by atoms with Gasteiger partial charge in [-0.05, 0) is 28.2 Å². The molecule has 2 atom stereocenters. The number of hydrogen-bond donors (Lipinski definition) is 2. The van der Waals surface area contributed by atoms with Crippen LogP contribution in [0.15, 0.2) is 35.0 Å². The van der Waals surface area contributed by atoms with Gasteiger partial charge in [-0.1, -0.05) is 30.3 Å². The lowest BCUT2D eigenvalue weighted by Gasteiger charge is -2.29. The molecule has 6 heteroatoms. The number of benzene rings is 1. The van der Waals surface area contributed by atoms with Crippen LogP contribution in [0.25, 0.3) is 0 Å². The van der Waals surface area contributed by atoms with Crippen molar-refractivity contribution in [1.29, 1.82) is 0 Å². The normalized spacial score (nSPS) is 22.7. The molecule has 0 unspecified atom stereocenters. The Morgan fingerprint density at radius 3 is 2.70 bits per heavy atom. The number of aromatic nitrogens is 2. The first-order chi connectivity index (χ1) is 9.72. The number of Topliss-reactive ketones (excluding diaryl/α,β-unsaturated/α-hetero) is 1. The molecule has 0 amide bonds. The zero-order valence-electron chi connectivity index (χ0n) is 11.0. The van der Waals surface area contributed by atoms with Crippen molar-refractivity contribution in [3.63, 3.8) is 0 Å². The molecule has 1 aliphatic carbocycles. The smallest absolute Gasteiger partial charge is 0.215 e. The van der Waals surface area contributed by atoms with Gasteiger partial charge >= 0.3 is 0 Å². The summed E-state index contributed by atoms with van der Waals surface area (Å²) in [4.78, 5) is 11.9. The molecule has 0 aliphatic heterocycles. The van der Waals surface area contributed by atoms with Crippen molar-refractivity contribution in [2.75, 3.05) is 11.1 Å². The van der Waals surface area contributed by atoms with E-state index in [4.69, 9.17) is 5.73 Å². The minimum atomic E-state index is 0.00987. The summed E-state index contributed by atoms with van der Waals surface area (Å²) in [5.74, 6) is 1.12. The van der Waals surface area contributed by atoms with Crippen LogP contribution in [0.5, 0.6) is 0 Å². The number of nitrogen functional groups attached to an aromatic ring is 1. The quantitative estimate of drug-likeness (QED) is 0.887. The molecule has 2 aromatic rings. The van der Waals surface area contributed by atoms with E-state index in [9.17, 15) is 4.79 Å². The summed E-state index contributed by atoms with van der Waals surface area (Å²) in [5.41, 5.74) is 6.82. The van der Waals surface area contributed by atoms with Gasteiger partial charge in [-0.25, -0.2) is 4.63 Å². The van der Waals surface area contributed by atoms with Crippen molar-refractivity contribution < 1.29 is 9.42 Å². The van der Waals surface area contributed by atoms with Gasteiger partial charge in [0.15, 0.2) is 0 Å². The second kappa shape index (κ2) is 5.32. The number of nitrogens with one attached hydrogen (secondary N) is 1. The Kier molecular flexibility index (Phi) is 3.37. The van der Waals surface area contributed by atoms with Gasteiger partial charge in [0, 0.05) is 18.9 Å². The van der Waals surface area contributed by atoms with E-state index in [1.54, 1.807) is 0 Å². The summed E-state index contributed by atoms with van der Waals surface area (Å²) in [6.07, 6.45) is 1.94. The number of anilines is 2. The van der Waals surface area contributed by atoms with Crippen LogP contribution in [0.1, 0.15) is 30.7 Å². The molecule has 0 spiro atoms. The summed E-state index contributed by atoms with van der Waals surface area (Å²) in [7, 11) is 0. The summed E-state index contributed by atoms with van der Waals surface area (Å²) in [6.45, 7) is 0. The molecule has 1 aliphatic rings. The van der Waals surface area contributed by atoms with Crippen molar-refractivity contribution in [3.8, 4) is 0 Å². The SMILES string of the molecule is Nc1nonc1N[C@@H]1CC(=O)C[C@H](c2ccccc2)C1. The molecule has 104 valence electrons. The topological polar surface area (TPSA) is 94.0 Å². The highest BCUT2D eigenvalue weighted by molar-refractivity contribution is 5.81. The summed E-state index contributed by atoms with van der Waals surface area (Å²) >= 11 is 0. The predicted octanol–water partition coefficient (Wildman–Crippen LogP) is 1.97. The van der Waals surface area contributed by atoms with E-state index in [0.29, 0.717) is 18.7 Å². The summed E-state index contributed by atoms with van der Waals surface area (Å²) in [6, 6.07) is 10.1. The van der Waals surface area contributed by atoms with Crippen LogP contribution in [-0.4, -0.2) is 22.1 Å². The molecule has 3 N–H and O–H groups in total. The molecule has 0 saturated heterocycles. The van der Waals surface area contributed by atoms with E-state index < -0.39 is 0 Å². The van der Waals surface area contributed by atoms with Crippen molar-refractivity contribution in [2.45, 2.75) is 31.2 Å². The first-order valence-electron chi connectivity index (χ1n) is 6.63. The molecule has 6 nitrogen and oxygen atoms in total. The molecule has 0 radical (unpaired) electrons. The van der Waals surface area contributed by atoms with E-state index in [-0.39, 0.29) is 23.6 Å². The Morgan fingerprint density at radius 2 is 2.00 bits per heavy atom. The maximum absolute atomic E-state index is 11.9. The van der Waals surface area contributed by atoms with Crippen molar-refractivity contribution in [1.82, 2.24) is 10.3 Å². The molecular weight excluding hydrogens is 256 g/mol. The average Bonchev–Trinajstić information content (AvgIpc) is 2.85. The van der Waals surface area contributed by atoms with E-state index in [1.807, 2.05) is 18.2 Å². The molecule has 3 rings (SSSR count). The highest BCUT2D eigenvalue weighted by Gasteiger charge is 2.29. The molecule has 0 bridgehead atoms. The van der Waals surface area contributed by atoms with Crippen molar-refractivity contribution in [3.05, 3.63) is 35.9 Å². The molecule has 1 aromatic heterocycles. The number of ketones is 1. The number of carbonyl (C=O) groups is 1. The van der Waals surface area contributed by atoms with Gasteiger partial charge in [0.25, 0.3) is 0 Å². The Bertz CT molecular complexity index is 596. The number of nitrogens with two attached hydrogens (primary N) is 1. The lowest BCUT2D eigenvalue weighted by Crippen LogP contribution is -2.31. The molecule has 20 heavy (non-hydrogen) atoms. The standard InChI is InChI=1S/C14H16N4O2/c15-13-14(18-20-17-13)16-11-6-10(7-12(19)8-11)9-4-2-1-3-5-9/h1-5,10-11H,6-8H2,(H2,15,17)(H,16,18)/t10-,11+/m1/s1. The fraction of sp³-hybridized carbons (Fsp3) is 0.357. The second-order valence-electron chi connectivity index (χ2n) is 5.13. The molecule has 1 heterocycles. The van der Waals surface area contributed by atoms with Crippen LogP contribution in [0.3, 0.4) is 0 Å². The lowest BCUT2D eigenvalue weighted by molar-refractivity contribution is -0.120. The van der Waals surface area contributed by atoms with E-state index >= 15 is 0 Å². The predicted molar refractivity (Wildman–Crippen MR) is 74.2 cm³/mol. The van der Waals surface area contributed by atoms with Gasteiger partial charge in [-0.3, -0.25) is 4.79 Å². The minimum Gasteiger partial charge on any atom is -0.378 e. The number of nitrogens with zero attached hydrogens (tertiary/aromatic N) is 2. The second-order valence-corrected chi connectivity index (χ2v) is 5.13. The van der Waals surface area contributed by atoms with Gasteiger partial charge in [0.2, 0.25) is 11.6 Å². The van der Waals surface area contributed by atoms with Gasteiger partial charge < -0.3 is 11.1 Å². The van der Waals surface area contributed by atoms with Gasteiger partial charge in [0.1, 0.15) is 5.78 Å². The van der Waals surface area contributed by atoms with E-state index in [2.05, 4.69) is 32.4 Å². The first kappa shape index (κ1) is 12.7. The third kappa shape index (κ3) is 2.64. The maximum atomic E-state index is 11.9. The van der Waals surface area contributed by atoms with Crippen LogP contribution < -0.4 is 11.1 Å². The third-order valence-corrected chi connectivity index (χ3v) is 3.64. The molecular formula is C14H16N4O2. The minimum absolute atomic E-state index is 0.00987. The molecule has 1 aromatic carbocycles. The first-order valence-corrected chi connectivity index (χ1v) is 6.63. The van der Waals surface area contributed by atoms with Crippen molar-refractivity contribution >= 4 is 17.4 Å². The highest BCUT2D eigenvalue weighted by atomic mass is 16.6. The maximum Gasteiger partial charge on any atom is 0.215 e. The Labute approximate surface area is 116 Å². The monoisotopic (exact) mass is 272 g/mol. The van der Waals surface area contributed by atoms with Crippen LogP contribution in [0.4, 0.5) is 11.6 Å². The van der Waals surface area contributed by atoms with Crippen LogP contribution in [-0.2, 0) is 4.79 Å². The van der Waals surface area contributed by atoms with Crippen LogP contribution >= 0.6 is 0 Å². The van der Waals surface area contributed by atoms with Gasteiger partial charge in [-0.15, -0.1) is 0 Å². The summed E-state index contributed by atoms with van der Waals surface area (Å²) in [5, 5.41) is 10.4. The molecule has 1 saturated carbocycles.